The van der Waals surface area contributed by atoms with Crippen LogP contribution in [0.15, 0.2) is 18.2 Å². The van der Waals surface area contributed by atoms with Crippen molar-refractivity contribution in [3.05, 3.63) is 23.8 Å². The summed E-state index contributed by atoms with van der Waals surface area (Å²) in [6, 6.07) is 5.09. The molecule has 3 nitrogen and oxygen atoms in total. The second-order valence-corrected chi connectivity index (χ2v) is 3.48. The number of rotatable bonds is 2. The molecule has 0 atom stereocenters. The van der Waals surface area contributed by atoms with E-state index < -0.39 is 0 Å². The van der Waals surface area contributed by atoms with E-state index >= 15 is 0 Å². The molecular formula is C10H12N2O. The minimum Gasteiger partial charge on any atom is -0.397 e. The van der Waals surface area contributed by atoms with Gasteiger partial charge in [-0.15, -0.1) is 0 Å². The SMILES string of the molecule is Nc1ccc(C(=O)C2CC2)cc1N. The molecule has 3 heteroatoms. The van der Waals surface area contributed by atoms with Crippen LogP contribution in [0.3, 0.4) is 0 Å². The van der Waals surface area contributed by atoms with Gasteiger partial charge in [0.25, 0.3) is 0 Å². The zero-order valence-corrected chi connectivity index (χ0v) is 7.29. The summed E-state index contributed by atoms with van der Waals surface area (Å²) in [5, 5.41) is 0. The van der Waals surface area contributed by atoms with Gasteiger partial charge in [0.1, 0.15) is 0 Å². The van der Waals surface area contributed by atoms with Gasteiger partial charge >= 0.3 is 0 Å². The standard InChI is InChI=1S/C10H12N2O/c11-8-4-3-7(5-9(8)12)10(13)6-1-2-6/h3-6H,1-2,11-12H2. The van der Waals surface area contributed by atoms with Gasteiger partial charge in [0.05, 0.1) is 11.4 Å². The van der Waals surface area contributed by atoms with Crippen molar-refractivity contribution in [2.24, 2.45) is 5.92 Å². The molecule has 1 aromatic carbocycles. The predicted molar refractivity (Wildman–Crippen MR) is 52.3 cm³/mol. The Bertz CT molecular complexity index is 356. The molecule has 0 unspecified atom stereocenters. The highest BCUT2D eigenvalue weighted by Crippen LogP contribution is 2.33. The van der Waals surface area contributed by atoms with Crippen molar-refractivity contribution < 1.29 is 4.79 Å². The summed E-state index contributed by atoms with van der Waals surface area (Å²) in [4.78, 5) is 11.6. The maximum atomic E-state index is 11.6. The van der Waals surface area contributed by atoms with Crippen LogP contribution in [0.1, 0.15) is 23.2 Å². The molecule has 0 amide bonds. The first-order valence-electron chi connectivity index (χ1n) is 4.37. The van der Waals surface area contributed by atoms with Gasteiger partial charge in [-0.3, -0.25) is 4.79 Å². The van der Waals surface area contributed by atoms with E-state index in [0.29, 0.717) is 16.9 Å². The highest BCUT2D eigenvalue weighted by Gasteiger charge is 2.30. The Hall–Kier alpha value is -1.51. The van der Waals surface area contributed by atoms with Gasteiger partial charge in [0.15, 0.2) is 5.78 Å². The Morgan fingerprint density at radius 3 is 2.46 bits per heavy atom. The number of hydrogen-bond acceptors (Lipinski definition) is 3. The van der Waals surface area contributed by atoms with E-state index in [1.807, 2.05) is 0 Å². The van der Waals surface area contributed by atoms with Crippen LogP contribution in [-0.2, 0) is 0 Å². The fraction of sp³-hybridized carbons (Fsp3) is 0.300. The van der Waals surface area contributed by atoms with Crippen molar-refractivity contribution in [1.29, 1.82) is 0 Å². The van der Waals surface area contributed by atoms with Crippen LogP contribution in [-0.4, -0.2) is 5.78 Å². The average Bonchev–Trinajstić information content (AvgIpc) is 2.91. The summed E-state index contributed by atoms with van der Waals surface area (Å²) in [5.74, 6) is 0.440. The Kier molecular flexibility index (Phi) is 1.72. The predicted octanol–water partition coefficient (Wildman–Crippen LogP) is 1.44. The Labute approximate surface area is 76.7 Å². The number of nitrogens with two attached hydrogens (primary N) is 2. The fourth-order valence-electron chi connectivity index (χ4n) is 1.31. The fourth-order valence-corrected chi connectivity index (χ4v) is 1.31. The van der Waals surface area contributed by atoms with Gasteiger partial charge in [-0.2, -0.15) is 0 Å². The molecule has 0 bridgehead atoms. The van der Waals surface area contributed by atoms with Crippen LogP contribution < -0.4 is 11.5 Å². The van der Waals surface area contributed by atoms with Gasteiger partial charge in [-0.1, -0.05) is 0 Å². The molecule has 4 N–H and O–H groups in total. The van der Waals surface area contributed by atoms with Crippen LogP contribution in [0.5, 0.6) is 0 Å². The summed E-state index contributed by atoms with van der Waals surface area (Å²) < 4.78 is 0. The van der Waals surface area contributed by atoms with Gasteiger partial charge in [-0.05, 0) is 31.0 Å². The minimum atomic E-state index is 0.201. The molecule has 68 valence electrons. The molecular weight excluding hydrogens is 164 g/mol. The van der Waals surface area contributed by atoms with E-state index in [4.69, 9.17) is 11.5 Å². The number of nitrogen functional groups attached to an aromatic ring is 2. The van der Waals surface area contributed by atoms with E-state index in [0.717, 1.165) is 12.8 Å². The summed E-state index contributed by atoms with van der Waals surface area (Å²) in [6.45, 7) is 0. The van der Waals surface area contributed by atoms with Crippen LogP contribution in [0.4, 0.5) is 11.4 Å². The Balaban J connectivity index is 2.30. The maximum Gasteiger partial charge on any atom is 0.166 e. The Morgan fingerprint density at radius 2 is 1.92 bits per heavy atom. The van der Waals surface area contributed by atoms with Crippen molar-refractivity contribution >= 4 is 17.2 Å². The van der Waals surface area contributed by atoms with Gasteiger partial charge in [-0.25, -0.2) is 0 Å². The zero-order chi connectivity index (χ0) is 9.42. The lowest BCUT2D eigenvalue weighted by Crippen LogP contribution is -2.03. The number of hydrogen-bond donors (Lipinski definition) is 2. The highest BCUT2D eigenvalue weighted by molar-refractivity contribution is 6.00. The first-order chi connectivity index (χ1) is 6.18. The van der Waals surface area contributed by atoms with Crippen molar-refractivity contribution in [3.63, 3.8) is 0 Å². The highest BCUT2D eigenvalue weighted by atomic mass is 16.1. The van der Waals surface area contributed by atoms with Crippen LogP contribution in [0.2, 0.25) is 0 Å². The third-order valence-corrected chi connectivity index (χ3v) is 2.32. The molecule has 0 spiro atoms. The lowest BCUT2D eigenvalue weighted by atomic mass is 10.1. The third-order valence-electron chi connectivity index (χ3n) is 2.32. The van der Waals surface area contributed by atoms with Crippen molar-refractivity contribution in [2.75, 3.05) is 11.5 Å². The van der Waals surface area contributed by atoms with Gasteiger partial charge in [0.2, 0.25) is 0 Å². The largest absolute Gasteiger partial charge is 0.397 e. The normalized spacial score (nSPS) is 15.7. The van der Waals surface area contributed by atoms with E-state index in [1.165, 1.54) is 0 Å². The zero-order valence-electron chi connectivity index (χ0n) is 7.29. The molecule has 0 radical (unpaired) electrons. The van der Waals surface area contributed by atoms with Crippen molar-refractivity contribution in [3.8, 4) is 0 Å². The van der Waals surface area contributed by atoms with E-state index in [9.17, 15) is 4.79 Å². The van der Waals surface area contributed by atoms with E-state index in [1.54, 1.807) is 18.2 Å². The number of anilines is 2. The maximum absolute atomic E-state index is 11.6. The smallest absolute Gasteiger partial charge is 0.166 e. The molecule has 0 saturated heterocycles. The first-order valence-corrected chi connectivity index (χ1v) is 4.37. The Morgan fingerprint density at radius 1 is 1.23 bits per heavy atom. The lowest BCUT2D eigenvalue weighted by Gasteiger charge is -2.02. The number of carbonyl (C=O) groups is 1. The molecule has 13 heavy (non-hydrogen) atoms. The molecule has 1 saturated carbocycles. The number of Topliss-reactive ketones (excluding diaryl/α,β-unsaturated/α-hetero) is 1. The molecule has 1 aliphatic rings. The molecule has 2 rings (SSSR count). The van der Waals surface area contributed by atoms with Gasteiger partial charge in [0, 0.05) is 11.5 Å². The molecule has 1 fully saturated rings. The summed E-state index contributed by atoms with van der Waals surface area (Å²) >= 11 is 0. The lowest BCUT2D eigenvalue weighted by molar-refractivity contribution is 0.0967. The first kappa shape index (κ1) is 8.10. The quantitative estimate of drug-likeness (QED) is 0.529. The van der Waals surface area contributed by atoms with Crippen LogP contribution >= 0.6 is 0 Å². The monoisotopic (exact) mass is 176 g/mol. The third kappa shape index (κ3) is 1.49. The molecule has 0 heterocycles. The number of carbonyl (C=O) groups excluding carboxylic acids is 1. The second-order valence-electron chi connectivity index (χ2n) is 3.48. The molecule has 0 aliphatic heterocycles. The summed E-state index contributed by atoms with van der Waals surface area (Å²) in [7, 11) is 0. The van der Waals surface area contributed by atoms with Crippen LogP contribution in [0, 0.1) is 5.92 Å². The average molecular weight is 176 g/mol. The van der Waals surface area contributed by atoms with Crippen LogP contribution in [0.25, 0.3) is 0 Å². The number of benzene rings is 1. The van der Waals surface area contributed by atoms with Crippen molar-refractivity contribution in [1.82, 2.24) is 0 Å². The molecule has 1 aliphatic carbocycles. The summed E-state index contributed by atoms with van der Waals surface area (Å²) in [6.07, 6.45) is 2.03. The number of ketones is 1. The van der Waals surface area contributed by atoms with E-state index in [2.05, 4.69) is 0 Å². The van der Waals surface area contributed by atoms with Gasteiger partial charge < -0.3 is 11.5 Å². The summed E-state index contributed by atoms with van der Waals surface area (Å²) in [5.41, 5.74) is 12.9. The second kappa shape index (κ2) is 2.76. The minimum absolute atomic E-state index is 0.201. The molecule has 1 aromatic rings. The van der Waals surface area contributed by atoms with E-state index in [-0.39, 0.29) is 11.7 Å². The van der Waals surface area contributed by atoms with Crippen molar-refractivity contribution in [2.45, 2.75) is 12.8 Å². The molecule has 0 aromatic heterocycles. The topological polar surface area (TPSA) is 69.1 Å².